The van der Waals surface area contributed by atoms with Gasteiger partial charge in [-0.25, -0.2) is 15.0 Å². The molecule has 1 amide bonds. The molecule has 0 unspecified atom stereocenters. The highest BCUT2D eigenvalue weighted by atomic mass is 32.1. The van der Waals surface area contributed by atoms with E-state index in [-0.39, 0.29) is 11.9 Å². The van der Waals surface area contributed by atoms with Crippen LogP contribution in [-0.4, -0.2) is 70.4 Å². The number of carbonyl (C=O) groups excluding carboxylic acids is 1. The van der Waals surface area contributed by atoms with Gasteiger partial charge in [-0.2, -0.15) is 0 Å². The summed E-state index contributed by atoms with van der Waals surface area (Å²) in [4.78, 5) is 33.3. The van der Waals surface area contributed by atoms with Crippen LogP contribution in [0.1, 0.15) is 28.5 Å². The summed E-state index contributed by atoms with van der Waals surface area (Å²) in [5, 5.41) is 1.05. The molecule has 8 heteroatoms. The lowest BCUT2D eigenvalue weighted by Gasteiger charge is -2.35. The van der Waals surface area contributed by atoms with E-state index in [2.05, 4.69) is 31.7 Å². The summed E-state index contributed by atoms with van der Waals surface area (Å²) >= 11 is 1.68. The fraction of sp³-hybridized carbons (Fsp3) is 0.556. The maximum Gasteiger partial charge on any atom is 0.237 e. The first-order valence-corrected chi connectivity index (χ1v) is 9.71. The fourth-order valence-electron chi connectivity index (χ4n) is 3.20. The number of aryl methyl sites for hydroxylation is 2. The van der Waals surface area contributed by atoms with Gasteiger partial charge in [0.25, 0.3) is 0 Å². The van der Waals surface area contributed by atoms with E-state index < -0.39 is 0 Å². The van der Waals surface area contributed by atoms with Crippen molar-refractivity contribution in [3.8, 4) is 0 Å². The number of hydrogen-bond donors (Lipinski definition) is 0. The van der Waals surface area contributed by atoms with Gasteiger partial charge in [0.15, 0.2) is 0 Å². The van der Waals surface area contributed by atoms with Crippen molar-refractivity contribution in [2.45, 2.75) is 26.8 Å². The van der Waals surface area contributed by atoms with Crippen molar-refractivity contribution < 1.29 is 4.79 Å². The van der Waals surface area contributed by atoms with Gasteiger partial charge in [-0.1, -0.05) is 0 Å². The van der Waals surface area contributed by atoms with E-state index in [1.165, 1.54) is 4.88 Å². The van der Waals surface area contributed by atoms with Crippen molar-refractivity contribution in [2.75, 3.05) is 44.7 Å². The van der Waals surface area contributed by atoms with Gasteiger partial charge in [0.1, 0.15) is 0 Å². The van der Waals surface area contributed by atoms with E-state index in [0.717, 1.165) is 42.8 Å². The summed E-state index contributed by atoms with van der Waals surface area (Å²) in [5.74, 6) is 0.894. The Kier molecular flexibility index (Phi) is 5.83. The molecule has 0 radical (unpaired) electrons. The minimum atomic E-state index is -0.00791. The van der Waals surface area contributed by atoms with Crippen LogP contribution in [0, 0.1) is 13.8 Å². The van der Waals surface area contributed by atoms with Gasteiger partial charge in [-0.15, -0.1) is 11.3 Å². The van der Waals surface area contributed by atoms with Crippen LogP contribution in [0.3, 0.4) is 0 Å². The van der Waals surface area contributed by atoms with Gasteiger partial charge in [0, 0.05) is 50.5 Å². The van der Waals surface area contributed by atoms with E-state index in [1.54, 1.807) is 23.7 Å². The molecule has 1 saturated heterocycles. The Labute approximate surface area is 158 Å². The zero-order valence-corrected chi connectivity index (χ0v) is 16.7. The third kappa shape index (κ3) is 4.19. The number of carbonyl (C=O) groups is 1. The first-order valence-electron chi connectivity index (χ1n) is 8.89. The van der Waals surface area contributed by atoms with Gasteiger partial charge >= 0.3 is 0 Å². The Morgan fingerprint density at radius 1 is 1.23 bits per heavy atom. The molecule has 3 rings (SSSR count). The van der Waals surface area contributed by atoms with Crippen molar-refractivity contribution in [2.24, 2.45) is 0 Å². The van der Waals surface area contributed by atoms with Crippen LogP contribution in [0.25, 0.3) is 0 Å². The number of piperazine rings is 1. The lowest BCUT2D eigenvalue weighted by Crippen LogP contribution is -2.50. The molecular weight excluding hydrogens is 348 g/mol. The van der Waals surface area contributed by atoms with Crippen molar-refractivity contribution in [1.82, 2.24) is 24.8 Å². The predicted molar refractivity (Wildman–Crippen MR) is 103 cm³/mol. The summed E-state index contributed by atoms with van der Waals surface area (Å²) in [7, 11) is 1.87. The molecule has 7 nitrogen and oxygen atoms in total. The Hall–Kier alpha value is -2.06. The topological polar surface area (TPSA) is 65.5 Å². The number of likely N-dealkylation sites (N-methyl/N-ethyl adjacent to an activating group) is 1. The fourth-order valence-corrected chi connectivity index (χ4v) is 4.10. The minimum Gasteiger partial charge on any atom is -0.338 e. The number of aromatic nitrogens is 3. The number of anilines is 1. The lowest BCUT2D eigenvalue weighted by molar-refractivity contribution is -0.133. The van der Waals surface area contributed by atoms with Crippen LogP contribution in [0.5, 0.6) is 0 Å². The summed E-state index contributed by atoms with van der Waals surface area (Å²) in [5.41, 5.74) is 1.01. The average Bonchev–Trinajstić information content (AvgIpc) is 3.00. The van der Waals surface area contributed by atoms with Crippen LogP contribution >= 0.6 is 11.3 Å². The van der Waals surface area contributed by atoms with Gasteiger partial charge in [-0.3, -0.25) is 9.69 Å². The molecule has 0 saturated carbocycles. The first kappa shape index (κ1) is 18.7. The first-order chi connectivity index (χ1) is 12.5. The van der Waals surface area contributed by atoms with Crippen LogP contribution in [0.2, 0.25) is 0 Å². The summed E-state index contributed by atoms with van der Waals surface area (Å²) in [6, 6.07) is 1.81. The molecular formula is C18H26N6OS. The van der Waals surface area contributed by atoms with Gasteiger partial charge in [0.2, 0.25) is 11.9 Å². The molecule has 0 bridgehead atoms. The average molecular weight is 375 g/mol. The highest BCUT2D eigenvalue weighted by molar-refractivity contribution is 7.11. The molecule has 1 fully saturated rings. The second-order valence-electron chi connectivity index (χ2n) is 6.67. The van der Waals surface area contributed by atoms with E-state index in [0.29, 0.717) is 6.54 Å². The molecule has 1 aliphatic heterocycles. The van der Waals surface area contributed by atoms with Gasteiger partial charge in [-0.05, 0) is 26.8 Å². The molecule has 2 aromatic rings. The Balaban J connectivity index is 1.53. The standard InChI is InChI=1S/C18H26N6OS/c1-13(17-14(2)26-15(3)21-17)22(4)16(25)12-23-8-10-24(11-9-23)18-19-6-5-7-20-18/h5-7,13H,8-12H2,1-4H3/t13-/m0/s1. The molecule has 3 heterocycles. The van der Waals surface area contributed by atoms with Crippen molar-refractivity contribution >= 4 is 23.2 Å². The number of amides is 1. The molecule has 1 aliphatic rings. The monoisotopic (exact) mass is 374 g/mol. The maximum absolute atomic E-state index is 12.7. The highest BCUT2D eigenvalue weighted by Crippen LogP contribution is 2.26. The molecule has 140 valence electrons. The molecule has 0 aromatic carbocycles. The number of hydrogen-bond acceptors (Lipinski definition) is 7. The number of nitrogens with zero attached hydrogens (tertiary/aromatic N) is 6. The maximum atomic E-state index is 12.7. The molecule has 26 heavy (non-hydrogen) atoms. The molecule has 0 N–H and O–H groups in total. The Morgan fingerprint density at radius 3 is 2.46 bits per heavy atom. The third-order valence-electron chi connectivity index (χ3n) is 4.88. The second kappa shape index (κ2) is 8.09. The molecule has 1 atom stereocenters. The summed E-state index contributed by atoms with van der Waals surface area (Å²) < 4.78 is 0. The highest BCUT2D eigenvalue weighted by Gasteiger charge is 2.25. The van der Waals surface area contributed by atoms with Crippen molar-refractivity contribution in [3.63, 3.8) is 0 Å². The molecule has 2 aromatic heterocycles. The minimum absolute atomic E-state index is 0.00791. The largest absolute Gasteiger partial charge is 0.338 e. The van der Waals surface area contributed by atoms with Gasteiger partial charge in [0.05, 0.1) is 23.3 Å². The third-order valence-corrected chi connectivity index (χ3v) is 5.78. The number of thiazole rings is 1. The summed E-state index contributed by atoms with van der Waals surface area (Å²) in [6.45, 7) is 9.89. The van der Waals surface area contributed by atoms with Crippen LogP contribution in [0.4, 0.5) is 5.95 Å². The zero-order chi connectivity index (χ0) is 18.7. The van der Waals surface area contributed by atoms with E-state index in [4.69, 9.17) is 0 Å². The van der Waals surface area contributed by atoms with Gasteiger partial charge < -0.3 is 9.80 Å². The van der Waals surface area contributed by atoms with E-state index in [1.807, 2.05) is 31.9 Å². The van der Waals surface area contributed by atoms with E-state index >= 15 is 0 Å². The second-order valence-corrected chi connectivity index (χ2v) is 8.07. The smallest absolute Gasteiger partial charge is 0.237 e. The number of rotatable bonds is 5. The molecule has 0 spiro atoms. The van der Waals surface area contributed by atoms with Crippen molar-refractivity contribution in [3.05, 3.63) is 34.0 Å². The predicted octanol–water partition coefficient (Wildman–Crippen LogP) is 1.89. The zero-order valence-electron chi connectivity index (χ0n) is 15.8. The quantitative estimate of drug-likeness (QED) is 0.796. The normalized spacial score (nSPS) is 16.5. The van der Waals surface area contributed by atoms with E-state index in [9.17, 15) is 4.79 Å². The Bertz CT molecular complexity index is 741. The lowest BCUT2D eigenvalue weighted by atomic mass is 10.2. The van der Waals surface area contributed by atoms with Crippen LogP contribution < -0.4 is 4.90 Å². The van der Waals surface area contributed by atoms with Crippen LogP contribution in [-0.2, 0) is 4.79 Å². The summed E-state index contributed by atoms with van der Waals surface area (Å²) in [6.07, 6.45) is 3.52. The SMILES string of the molecule is Cc1nc([C@H](C)N(C)C(=O)CN2CCN(c3ncccn3)CC2)c(C)s1. The van der Waals surface area contributed by atoms with Crippen molar-refractivity contribution in [1.29, 1.82) is 0 Å². The van der Waals surface area contributed by atoms with Crippen LogP contribution in [0.15, 0.2) is 18.5 Å². The molecule has 0 aliphatic carbocycles. The Morgan fingerprint density at radius 2 is 1.88 bits per heavy atom.